The number of para-hydroxylation sites is 2. The number of rotatable bonds is 5. The van der Waals surface area contributed by atoms with Crippen LogP contribution in [0.5, 0.6) is 5.75 Å². The summed E-state index contributed by atoms with van der Waals surface area (Å²) in [6, 6.07) is 15.2. The molecule has 2 aromatic rings. The Kier molecular flexibility index (Phi) is 4.99. The highest BCUT2D eigenvalue weighted by Crippen LogP contribution is 2.27. The number of carbonyl (C=O) groups excluding carboxylic acids is 1. The molecule has 21 heavy (non-hydrogen) atoms. The quantitative estimate of drug-likeness (QED) is 0.879. The van der Waals surface area contributed by atoms with Gasteiger partial charge in [-0.3, -0.25) is 4.79 Å². The van der Waals surface area contributed by atoms with Crippen molar-refractivity contribution in [1.82, 2.24) is 0 Å². The highest BCUT2D eigenvalue weighted by Gasteiger charge is 2.14. The molecule has 0 aliphatic rings. The Morgan fingerprint density at radius 3 is 2.52 bits per heavy atom. The number of ether oxygens (including phenoxy) is 1. The zero-order valence-electron chi connectivity index (χ0n) is 12.7. The topological polar surface area (TPSA) is 38.3 Å². The number of benzene rings is 2. The zero-order chi connectivity index (χ0) is 15.2. The van der Waals surface area contributed by atoms with E-state index in [-0.39, 0.29) is 5.91 Å². The van der Waals surface area contributed by atoms with Gasteiger partial charge in [-0.1, -0.05) is 44.2 Å². The molecule has 0 aliphatic heterocycles. The van der Waals surface area contributed by atoms with Crippen LogP contribution >= 0.6 is 0 Å². The van der Waals surface area contributed by atoms with Crippen molar-refractivity contribution in [1.29, 1.82) is 0 Å². The fourth-order valence-corrected chi connectivity index (χ4v) is 2.28. The molecule has 0 bridgehead atoms. The lowest BCUT2D eigenvalue weighted by molar-refractivity contribution is 0.102. The highest BCUT2D eigenvalue weighted by molar-refractivity contribution is 6.06. The van der Waals surface area contributed by atoms with Crippen LogP contribution in [0.4, 0.5) is 5.69 Å². The maximum absolute atomic E-state index is 12.5. The van der Waals surface area contributed by atoms with Gasteiger partial charge >= 0.3 is 0 Å². The second-order valence-corrected chi connectivity index (χ2v) is 5.05. The second kappa shape index (κ2) is 6.93. The summed E-state index contributed by atoms with van der Waals surface area (Å²) >= 11 is 0. The molecule has 1 amide bonds. The van der Waals surface area contributed by atoms with Crippen molar-refractivity contribution >= 4 is 11.6 Å². The van der Waals surface area contributed by atoms with Gasteiger partial charge in [0, 0.05) is 5.69 Å². The summed E-state index contributed by atoms with van der Waals surface area (Å²) in [7, 11) is 1.57. The maximum atomic E-state index is 12.5. The number of nitrogens with one attached hydrogen (secondary N) is 1. The molecule has 1 atom stereocenters. The summed E-state index contributed by atoms with van der Waals surface area (Å²) in [6.07, 6.45) is 1.03. The predicted octanol–water partition coefficient (Wildman–Crippen LogP) is 4.46. The first kappa shape index (κ1) is 15.1. The van der Waals surface area contributed by atoms with Crippen LogP contribution in [-0.4, -0.2) is 13.0 Å². The van der Waals surface area contributed by atoms with Gasteiger partial charge in [-0.15, -0.1) is 0 Å². The summed E-state index contributed by atoms with van der Waals surface area (Å²) in [6.45, 7) is 4.30. The van der Waals surface area contributed by atoms with E-state index in [1.165, 1.54) is 0 Å². The highest BCUT2D eigenvalue weighted by atomic mass is 16.5. The average Bonchev–Trinajstić information content (AvgIpc) is 2.54. The average molecular weight is 283 g/mol. The number of methoxy groups -OCH3 is 1. The van der Waals surface area contributed by atoms with E-state index in [1.54, 1.807) is 19.2 Å². The second-order valence-electron chi connectivity index (χ2n) is 5.05. The van der Waals surface area contributed by atoms with Gasteiger partial charge in [0.05, 0.1) is 12.7 Å². The minimum Gasteiger partial charge on any atom is -0.496 e. The molecular weight excluding hydrogens is 262 g/mol. The Bertz CT molecular complexity index is 622. The summed E-state index contributed by atoms with van der Waals surface area (Å²) in [4.78, 5) is 12.5. The van der Waals surface area contributed by atoms with Gasteiger partial charge in [0.2, 0.25) is 0 Å². The minimum atomic E-state index is -0.150. The third-order valence-electron chi connectivity index (χ3n) is 3.70. The molecule has 2 rings (SSSR count). The van der Waals surface area contributed by atoms with Crippen molar-refractivity contribution in [2.45, 2.75) is 26.2 Å². The van der Waals surface area contributed by atoms with Crippen molar-refractivity contribution in [3.63, 3.8) is 0 Å². The van der Waals surface area contributed by atoms with Gasteiger partial charge in [-0.2, -0.15) is 0 Å². The molecule has 0 saturated carbocycles. The first-order valence-electron chi connectivity index (χ1n) is 7.20. The van der Waals surface area contributed by atoms with Crippen molar-refractivity contribution in [3.8, 4) is 5.75 Å². The fraction of sp³-hybridized carbons (Fsp3) is 0.278. The van der Waals surface area contributed by atoms with Crippen LogP contribution in [0.3, 0.4) is 0 Å². The van der Waals surface area contributed by atoms with Gasteiger partial charge in [0.25, 0.3) is 5.91 Å². The number of hydrogen-bond acceptors (Lipinski definition) is 2. The Labute approximate surface area is 126 Å². The van der Waals surface area contributed by atoms with Gasteiger partial charge in [0.1, 0.15) is 5.75 Å². The lowest BCUT2D eigenvalue weighted by Crippen LogP contribution is -2.14. The van der Waals surface area contributed by atoms with Gasteiger partial charge in [-0.25, -0.2) is 0 Å². The predicted molar refractivity (Wildman–Crippen MR) is 86.1 cm³/mol. The van der Waals surface area contributed by atoms with Gasteiger partial charge in [0.15, 0.2) is 0 Å². The molecule has 0 aliphatic carbocycles. The standard InChI is InChI=1S/C18H21NO2/c1-4-13(2)14-9-5-7-11-16(14)19-18(20)15-10-6-8-12-17(15)21-3/h5-13H,4H2,1-3H3,(H,19,20)/t13-/m0/s1. The summed E-state index contributed by atoms with van der Waals surface area (Å²) in [5, 5.41) is 3.00. The SMILES string of the molecule is CC[C@H](C)c1ccccc1NC(=O)c1ccccc1OC. The molecule has 1 N–H and O–H groups in total. The van der Waals surface area contributed by atoms with Gasteiger partial charge in [-0.05, 0) is 36.1 Å². The van der Waals surface area contributed by atoms with E-state index in [0.29, 0.717) is 17.2 Å². The molecular formula is C18H21NO2. The third kappa shape index (κ3) is 3.43. The van der Waals surface area contributed by atoms with E-state index in [0.717, 1.165) is 17.7 Å². The smallest absolute Gasteiger partial charge is 0.259 e. The molecule has 2 aromatic carbocycles. The van der Waals surface area contributed by atoms with Crippen LogP contribution in [0.2, 0.25) is 0 Å². The number of carbonyl (C=O) groups is 1. The van der Waals surface area contributed by atoms with Crippen molar-refractivity contribution in [2.75, 3.05) is 12.4 Å². The van der Waals surface area contributed by atoms with Crippen LogP contribution in [0.15, 0.2) is 48.5 Å². The molecule has 0 radical (unpaired) electrons. The maximum Gasteiger partial charge on any atom is 0.259 e. The van der Waals surface area contributed by atoms with Crippen molar-refractivity contribution in [2.24, 2.45) is 0 Å². The molecule has 0 spiro atoms. The zero-order valence-corrected chi connectivity index (χ0v) is 12.7. The Balaban J connectivity index is 2.28. The van der Waals surface area contributed by atoms with Gasteiger partial charge < -0.3 is 10.1 Å². The molecule has 0 saturated heterocycles. The summed E-state index contributed by atoms with van der Waals surface area (Å²) in [5.74, 6) is 0.832. The van der Waals surface area contributed by atoms with E-state index in [1.807, 2.05) is 30.3 Å². The first-order valence-corrected chi connectivity index (χ1v) is 7.20. The molecule has 3 nitrogen and oxygen atoms in total. The number of anilines is 1. The molecule has 110 valence electrons. The van der Waals surface area contributed by atoms with E-state index < -0.39 is 0 Å². The minimum absolute atomic E-state index is 0.150. The number of hydrogen-bond donors (Lipinski definition) is 1. The van der Waals surface area contributed by atoms with Crippen LogP contribution < -0.4 is 10.1 Å². The van der Waals surface area contributed by atoms with E-state index in [2.05, 4.69) is 25.2 Å². The van der Waals surface area contributed by atoms with Crippen LogP contribution in [0, 0.1) is 0 Å². The molecule has 0 aromatic heterocycles. The Morgan fingerprint density at radius 2 is 1.81 bits per heavy atom. The molecule has 0 fully saturated rings. The number of amides is 1. The lowest BCUT2D eigenvalue weighted by Gasteiger charge is -2.16. The van der Waals surface area contributed by atoms with Crippen LogP contribution in [0.25, 0.3) is 0 Å². The van der Waals surface area contributed by atoms with Crippen molar-refractivity contribution in [3.05, 3.63) is 59.7 Å². The normalized spacial score (nSPS) is 11.8. The molecule has 0 heterocycles. The largest absolute Gasteiger partial charge is 0.496 e. The summed E-state index contributed by atoms with van der Waals surface area (Å²) in [5.41, 5.74) is 2.56. The Hall–Kier alpha value is -2.29. The third-order valence-corrected chi connectivity index (χ3v) is 3.70. The monoisotopic (exact) mass is 283 g/mol. The van der Waals surface area contributed by atoms with Crippen molar-refractivity contribution < 1.29 is 9.53 Å². The van der Waals surface area contributed by atoms with Crippen LogP contribution in [0.1, 0.15) is 42.1 Å². The van der Waals surface area contributed by atoms with Crippen LogP contribution in [-0.2, 0) is 0 Å². The first-order chi connectivity index (χ1) is 10.2. The van der Waals surface area contributed by atoms with E-state index >= 15 is 0 Å². The fourth-order valence-electron chi connectivity index (χ4n) is 2.28. The summed E-state index contributed by atoms with van der Waals surface area (Å²) < 4.78 is 5.24. The lowest BCUT2D eigenvalue weighted by atomic mass is 9.97. The van der Waals surface area contributed by atoms with E-state index in [4.69, 9.17) is 4.74 Å². The molecule has 0 unspecified atom stereocenters. The van der Waals surface area contributed by atoms with E-state index in [9.17, 15) is 4.79 Å². The molecule has 3 heteroatoms. The Morgan fingerprint density at radius 1 is 1.14 bits per heavy atom.